The summed E-state index contributed by atoms with van der Waals surface area (Å²) >= 11 is 0. The zero-order valence-electron chi connectivity index (χ0n) is 14.5. The van der Waals surface area contributed by atoms with E-state index in [4.69, 9.17) is 4.74 Å². The SMILES string of the molecule is CCOc1ccccc1C(=O)NC1C[C@H]2CCC[C@H](C1)N2C1CC1. The van der Waals surface area contributed by atoms with Crippen LogP contribution in [0.1, 0.15) is 62.2 Å². The van der Waals surface area contributed by atoms with Crippen molar-refractivity contribution in [2.45, 2.75) is 76.0 Å². The van der Waals surface area contributed by atoms with Gasteiger partial charge in [0.2, 0.25) is 0 Å². The minimum absolute atomic E-state index is 0.0157. The minimum Gasteiger partial charge on any atom is -0.493 e. The van der Waals surface area contributed by atoms with E-state index in [2.05, 4.69) is 10.2 Å². The van der Waals surface area contributed by atoms with E-state index in [9.17, 15) is 4.79 Å². The number of amides is 1. The molecule has 4 nitrogen and oxygen atoms in total. The average Bonchev–Trinajstić information content (AvgIpc) is 3.39. The molecule has 2 heterocycles. The van der Waals surface area contributed by atoms with Gasteiger partial charge in [-0.2, -0.15) is 0 Å². The molecule has 4 heteroatoms. The average molecular weight is 328 g/mol. The predicted octanol–water partition coefficient (Wildman–Crippen LogP) is 3.36. The monoisotopic (exact) mass is 328 g/mol. The third-order valence-corrected chi connectivity index (χ3v) is 5.77. The van der Waals surface area contributed by atoms with Crippen LogP contribution < -0.4 is 10.1 Å². The molecule has 2 atom stereocenters. The van der Waals surface area contributed by atoms with Crippen LogP contribution in [0.2, 0.25) is 0 Å². The van der Waals surface area contributed by atoms with Crippen LogP contribution in [0.4, 0.5) is 0 Å². The van der Waals surface area contributed by atoms with Crippen LogP contribution in [-0.2, 0) is 0 Å². The Hall–Kier alpha value is -1.55. The largest absolute Gasteiger partial charge is 0.493 e. The molecule has 3 fully saturated rings. The first-order valence-corrected chi connectivity index (χ1v) is 9.56. The fraction of sp³-hybridized carbons (Fsp3) is 0.650. The number of ether oxygens (including phenoxy) is 1. The highest BCUT2D eigenvalue weighted by atomic mass is 16.5. The van der Waals surface area contributed by atoms with Gasteiger partial charge in [-0.1, -0.05) is 18.6 Å². The molecule has 1 aromatic rings. The van der Waals surface area contributed by atoms with E-state index in [-0.39, 0.29) is 5.91 Å². The summed E-state index contributed by atoms with van der Waals surface area (Å²) in [5.41, 5.74) is 0.661. The zero-order valence-corrected chi connectivity index (χ0v) is 14.5. The Balaban J connectivity index is 1.43. The molecule has 1 N–H and O–H groups in total. The van der Waals surface area contributed by atoms with E-state index in [1.165, 1.54) is 32.1 Å². The lowest BCUT2D eigenvalue weighted by Gasteiger charge is -2.49. The highest BCUT2D eigenvalue weighted by molar-refractivity contribution is 5.97. The van der Waals surface area contributed by atoms with Crippen molar-refractivity contribution in [2.24, 2.45) is 0 Å². The molecule has 130 valence electrons. The number of nitrogens with one attached hydrogen (secondary N) is 1. The Bertz CT molecular complexity index is 585. The van der Waals surface area contributed by atoms with Gasteiger partial charge in [0.25, 0.3) is 5.91 Å². The Morgan fingerprint density at radius 3 is 2.50 bits per heavy atom. The van der Waals surface area contributed by atoms with Crippen LogP contribution in [0.15, 0.2) is 24.3 Å². The van der Waals surface area contributed by atoms with Gasteiger partial charge in [0, 0.05) is 24.2 Å². The van der Waals surface area contributed by atoms with Crippen molar-refractivity contribution in [2.75, 3.05) is 6.61 Å². The molecule has 3 aliphatic rings. The van der Waals surface area contributed by atoms with Crippen LogP contribution >= 0.6 is 0 Å². The van der Waals surface area contributed by atoms with E-state index in [0.29, 0.717) is 36.0 Å². The molecule has 1 aromatic carbocycles. The highest BCUT2D eigenvalue weighted by Gasteiger charge is 2.45. The number of benzene rings is 1. The number of carbonyl (C=O) groups is 1. The third-order valence-electron chi connectivity index (χ3n) is 5.77. The molecular weight excluding hydrogens is 300 g/mol. The molecule has 0 radical (unpaired) electrons. The highest BCUT2D eigenvalue weighted by Crippen LogP contribution is 2.42. The Morgan fingerprint density at radius 2 is 1.83 bits per heavy atom. The summed E-state index contributed by atoms with van der Waals surface area (Å²) in [5, 5.41) is 3.30. The molecule has 0 unspecified atom stereocenters. The second-order valence-electron chi connectivity index (χ2n) is 7.49. The molecule has 1 saturated carbocycles. The van der Waals surface area contributed by atoms with Gasteiger partial charge in [-0.3, -0.25) is 9.69 Å². The van der Waals surface area contributed by atoms with Crippen LogP contribution in [-0.4, -0.2) is 41.6 Å². The molecule has 1 amide bonds. The van der Waals surface area contributed by atoms with E-state index >= 15 is 0 Å². The quantitative estimate of drug-likeness (QED) is 0.901. The minimum atomic E-state index is 0.0157. The number of piperidine rings is 2. The molecule has 4 rings (SSSR count). The third kappa shape index (κ3) is 3.16. The number of hydrogen-bond donors (Lipinski definition) is 1. The van der Waals surface area contributed by atoms with E-state index < -0.39 is 0 Å². The fourth-order valence-corrected chi connectivity index (χ4v) is 4.70. The van der Waals surface area contributed by atoms with Gasteiger partial charge < -0.3 is 10.1 Å². The Labute approximate surface area is 144 Å². The summed E-state index contributed by atoms with van der Waals surface area (Å²) in [6.45, 7) is 2.53. The number of rotatable bonds is 5. The maximum Gasteiger partial charge on any atom is 0.255 e. The van der Waals surface area contributed by atoms with Crippen molar-refractivity contribution in [3.8, 4) is 5.75 Å². The van der Waals surface area contributed by atoms with Crippen molar-refractivity contribution in [1.29, 1.82) is 0 Å². The molecule has 2 aliphatic heterocycles. The number of hydrogen-bond acceptors (Lipinski definition) is 3. The van der Waals surface area contributed by atoms with Gasteiger partial charge in [-0.05, 0) is 57.6 Å². The number of fused-ring (bicyclic) bond motifs is 2. The van der Waals surface area contributed by atoms with Crippen molar-refractivity contribution >= 4 is 5.91 Å². The first kappa shape index (κ1) is 15.9. The van der Waals surface area contributed by atoms with Gasteiger partial charge in [0.15, 0.2) is 0 Å². The summed E-state index contributed by atoms with van der Waals surface area (Å²) in [7, 11) is 0. The summed E-state index contributed by atoms with van der Waals surface area (Å²) in [6.07, 6.45) is 8.93. The van der Waals surface area contributed by atoms with Gasteiger partial charge in [-0.15, -0.1) is 0 Å². The first-order valence-electron chi connectivity index (χ1n) is 9.56. The topological polar surface area (TPSA) is 41.6 Å². The lowest BCUT2D eigenvalue weighted by molar-refractivity contribution is 0.0175. The van der Waals surface area contributed by atoms with E-state index in [1.807, 2.05) is 31.2 Å². The molecule has 2 bridgehead atoms. The number of carbonyl (C=O) groups excluding carboxylic acids is 1. The summed E-state index contributed by atoms with van der Waals surface area (Å²) in [4.78, 5) is 15.5. The smallest absolute Gasteiger partial charge is 0.255 e. The predicted molar refractivity (Wildman–Crippen MR) is 94.4 cm³/mol. The summed E-state index contributed by atoms with van der Waals surface area (Å²) in [5.74, 6) is 0.704. The van der Waals surface area contributed by atoms with Gasteiger partial charge in [0.1, 0.15) is 5.75 Å². The molecule has 1 aliphatic carbocycles. The molecule has 0 aromatic heterocycles. The van der Waals surface area contributed by atoms with Crippen LogP contribution in [0, 0.1) is 0 Å². The standard InChI is InChI=1S/C20H28N2O2/c1-2-24-19-9-4-3-8-18(19)20(23)21-14-12-16-6-5-7-17(13-14)22(16)15-10-11-15/h3-4,8-9,14-17H,2,5-7,10-13H2,1H3,(H,21,23)/t16-,17-/m1/s1. The van der Waals surface area contributed by atoms with Gasteiger partial charge in [-0.25, -0.2) is 0 Å². The van der Waals surface area contributed by atoms with Crippen molar-refractivity contribution in [1.82, 2.24) is 10.2 Å². The summed E-state index contributed by atoms with van der Waals surface area (Å²) < 4.78 is 5.61. The second kappa shape index (κ2) is 6.75. The van der Waals surface area contributed by atoms with Gasteiger partial charge in [0.05, 0.1) is 12.2 Å². The fourth-order valence-electron chi connectivity index (χ4n) is 4.70. The van der Waals surface area contributed by atoms with Crippen LogP contribution in [0.5, 0.6) is 5.75 Å². The molecule has 0 spiro atoms. The first-order chi connectivity index (χ1) is 11.8. The maximum absolute atomic E-state index is 12.8. The summed E-state index contributed by atoms with van der Waals surface area (Å²) in [6, 6.07) is 10.1. The normalized spacial score (nSPS) is 30.0. The van der Waals surface area contributed by atoms with E-state index in [1.54, 1.807) is 0 Å². The molecule has 24 heavy (non-hydrogen) atoms. The molecule has 2 saturated heterocycles. The number of nitrogens with zero attached hydrogens (tertiary/aromatic N) is 1. The molecular formula is C20H28N2O2. The van der Waals surface area contributed by atoms with Crippen molar-refractivity contribution in [3.05, 3.63) is 29.8 Å². The van der Waals surface area contributed by atoms with Crippen LogP contribution in [0.3, 0.4) is 0 Å². The lowest BCUT2D eigenvalue weighted by atomic mass is 9.81. The Morgan fingerprint density at radius 1 is 1.12 bits per heavy atom. The van der Waals surface area contributed by atoms with Crippen LogP contribution in [0.25, 0.3) is 0 Å². The number of para-hydroxylation sites is 1. The lowest BCUT2D eigenvalue weighted by Crippen LogP contribution is -2.57. The van der Waals surface area contributed by atoms with E-state index in [0.717, 1.165) is 18.9 Å². The van der Waals surface area contributed by atoms with Crippen molar-refractivity contribution < 1.29 is 9.53 Å². The Kier molecular flexibility index (Phi) is 4.49. The maximum atomic E-state index is 12.8. The van der Waals surface area contributed by atoms with Gasteiger partial charge >= 0.3 is 0 Å². The zero-order chi connectivity index (χ0) is 16.5. The second-order valence-corrected chi connectivity index (χ2v) is 7.49. The van der Waals surface area contributed by atoms with Crippen molar-refractivity contribution in [3.63, 3.8) is 0 Å².